The molecule has 8 rings (SSSR count). The number of hydrogen-bond acceptors (Lipinski definition) is 5. The molecule has 2 aromatic heterocycles. The molecular formula is C36H34N4O2S. The van der Waals surface area contributed by atoms with Crippen LogP contribution in [0.25, 0.3) is 10.4 Å². The number of nitrogens with one attached hydrogen (secondary N) is 1. The molecule has 2 atom stereocenters. The normalized spacial score (nSPS) is 20.0. The van der Waals surface area contributed by atoms with Gasteiger partial charge >= 0.3 is 0 Å². The highest BCUT2D eigenvalue weighted by atomic mass is 32.1. The molecule has 1 N–H and O–H groups in total. The average Bonchev–Trinajstić information content (AvgIpc) is 3.65. The molecule has 1 saturated carbocycles. The van der Waals surface area contributed by atoms with Gasteiger partial charge in [-0.05, 0) is 42.4 Å². The molecule has 2 unspecified atom stereocenters. The lowest BCUT2D eigenvalue weighted by atomic mass is 9.77. The van der Waals surface area contributed by atoms with E-state index in [0.29, 0.717) is 12.5 Å². The van der Waals surface area contributed by atoms with Crippen molar-refractivity contribution >= 4 is 22.9 Å². The number of thiophene rings is 1. The van der Waals surface area contributed by atoms with Gasteiger partial charge in [0.1, 0.15) is 22.7 Å². The minimum atomic E-state index is -0.706. The van der Waals surface area contributed by atoms with Crippen molar-refractivity contribution in [3.05, 3.63) is 125 Å². The molecule has 7 heteroatoms. The van der Waals surface area contributed by atoms with Crippen LogP contribution in [0.5, 0.6) is 5.75 Å². The molecule has 0 bridgehead atoms. The van der Waals surface area contributed by atoms with E-state index >= 15 is 0 Å². The Morgan fingerprint density at radius 2 is 1.49 bits per heavy atom. The third kappa shape index (κ3) is 4.05. The third-order valence-corrected chi connectivity index (χ3v) is 10.9. The Morgan fingerprint density at radius 3 is 2.05 bits per heavy atom. The molecule has 0 radical (unpaired) electrons. The molecule has 1 aliphatic carbocycles. The van der Waals surface area contributed by atoms with Gasteiger partial charge in [-0.15, -0.1) is 11.3 Å². The number of nitrogens with zero attached hydrogens (tertiary/aromatic N) is 3. The molecule has 6 nitrogen and oxygen atoms in total. The SMILES string of the molecule is CC1C(C2CCC2)NC(=O)c2sc(-c3cnn(C(c4ccccc4)(c4ccccc4)c4ccccc4)c3)c3c2N1CCO3. The fourth-order valence-corrected chi connectivity index (χ4v) is 8.45. The first kappa shape index (κ1) is 26.3. The number of amides is 1. The molecule has 0 saturated heterocycles. The predicted molar refractivity (Wildman–Crippen MR) is 171 cm³/mol. The number of carbonyl (C=O) groups excluding carboxylic acids is 1. The smallest absolute Gasteiger partial charge is 0.263 e. The van der Waals surface area contributed by atoms with Crippen molar-refractivity contribution in [2.24, 2.45) is 5.92 Å². The Kier molecular flexibility index (Phi) is 6.37. The molecule has 43 heavy (non-hydrogen) atoms. The molecular weight excluding hydrogens is 552 g/mol. The Balaban J connectivity index is 1.29. The van der Waals surface area contributed by atoms with Crippen molar-refractivity contribution in [3.63, 3.8) is 0 Å². The summed E-state index contributed by atoms with van der Waals surface area (Å²) in [5.74, 6) is 1.38. The molecule has 2 aliphatic heterocycles. The fourth-order valence-electron chi connectivity index (χ4n) is 7.31. The van der Waals surface area contributed by atoms with Crippen LogP contribution in [-0.4, -0.2) is 40.9 Å². The van der Waals surface area contributed by atoms with E-state index in [1.165, 1.54) is 30.6 Å². The quantitative estimate of drug-likeness (QED) is 0.219. The van der Waals surface area contributed by atoms with Crippen molar-refractivity contribution in [1.29, 1.82) is 0 Å². The summed E-state index contributed by atoms with van der Waals surface area (Å²) in [5, 5.41) is 8.49. The number of hydrogen-bond donors (Lipinski definition) is 1. The van der Waals surface area contributed by atoms with E-state index in [9.17, 15) is 4.79 Å². The van der Waals surface area contributed by atoms with Crippen molar-refractivity contribution in [1.82, 2.24) is 15.1 Å². The van der Waals surface area contributed by atoms with Gasteiger partial charge in [-0.25, -0.2) is 0 Å². The topological polar surface area (TPSA) is 59.4 Å². The second-order valence-electron chi connectivity index (χ2n) is 11.9. The summed E-state index contributed by atoms with van der Waals surface area (Å²) in [7, 11) is 0. The largest absolute Gasteiger partial charge is 0.488 e. The molecule has 216 valence electrons. The fraction of sp³-hybridized carbons (Fsp3) is 0.278. The number of anilines is 1. The van der Waals surface area contributed by atoms with Gasteiger partial charge in [0.2, 0.25) is 0 Å². The van der Waals surface area contributed by atoms with Gasteiger partial charge in [0.05, 0.1) is 23.7 Å². The highest BCUT2D eigenvalue weighted by Crippen LogP contribution is 2.52. The summed E-state index contributed by atoms with van der Waals surface area (Å²) >= 11 is 1.53. The van der Waals surface area contributed by atoms with Gasteiger partial charge in [-0.2, -0.15) is 5.10 Å². The first-order valence-electron chi connectivity index (χ1n) is 15.3. The van der Waals surface area contributed by atoms with Gasteiger partial charge in [0, 0.05) is 17.8 Å². The summed E-state index contributed by atoms with van der Waals surface area (Å²) in [6.07, 6.45) is 7.68. The Hall–Kier alpha value is -4.36. The summed E-state index contributed by atoms with van der Waals surface area (Å²) in [5.41, 5.74) is 4.53. The zero-order valence-corrected chi connectivity index (χ0v) is 25.0. The van der Waals surface area contributed by atoms with E-state index in [1.807, 2.05) is 24.4 Å². The molecule has 1 fully saturated rings. The van der Waals surface area contributed by atoms with Crippen LogP contribution in [0.1, 0.15) is 52.5 Å². The lowest BCUT2D eigenvalue weighted by Gasteiger charge is -2.42. The van der Waals surface area contributed by atoms with Crippen LogP contribution >= 0.6 is 11.3 Å². The average molecular weight is 587 g/mol. The maximum atomic E-state index is 13.7. The van der Waals surface area contributed by atoms with Crippen LogP contribution in [0.2, 0.25) is 0 Å². The van der Waals surface area contributed by atoms with E-state index in [4.69, 9.17) is 9.84 Å². The van der Waals surface area contributed by atoms with Crippen molar-refractivity contribution < 1.29 is 9.53 Å². The lowest BCUT2D eigenvalue weighted by molar-refractivity contribution is 0.0900. The van der Waals surface area contributed by atoms with E-state index in [1.54, 1.807) is 0 Å². The molecule has 5 aromatic rings. The van der Waals surface area contributed by atoms with Crippen LogP contribution in [0.15, 0.2) is 103 Å². The maximum absolute atomic E-state index is 13.7. The van der Waals surface area contributed by atoms with Crippen molar-refractivity contribution in [2.45, 2.75) is 43.8 Å². The molecule has 4 heterocycles. The van der Waals surface area contributed by atoms with E-state index in [0.717, 1.165) is 50.0 Å². The van der Waals surface area contributed by atoms with Crippen LogP contribution < -0.4 is 15.0 Å². The minimum Gasteiger partial charge on any atom is -0.488 e. The highest BCUT2D eigenvalue weighted by molar-refractivity contribution is 7.18. The number of aromatic nitrogens is 2. The zero-order chi connectivity index (χ0) is 29.0. The van der Waals surface area contributed by atoms with Crippen LogP contribution in [-0.2, 0) is 5.54 Å². The lowest BCUT2D eigenvalue weighted by Crippen LogP contribution is -2.54. The van der Waals surface area contributed by atoms with Gasteiger partial charge in [-0.3, -0.25) is 9.48 Å². The van der Waals surface area contributed by atoms with Crippen LogP contribution in [0, 0.1) is 5.92 Å². The van der Waals surface area contributed by atoms with Gasteiger partial charge in [0.15, 0.2) is 5.75 Å². The second-order valence-corrected chi connectivity index (χ2v) is 12.9. The third-order valence-electron chi connectivity index (χ3n) is 9.64. The van der Waals surface area contributed by atoms with E-state index in [2.05, 4.69) is 101 Å². The maximum Gasteiger partial charge on any atom is 0.263 e. The van der Waals surface area contributed by atoms with Gasteiger partial charge in [-0.1, -0.05) is 97.4 Å². The number of ether oxygens (including phenoxy) is 1. The monoisotopic (exact) mass is 586 g/mol. The zero-order valence-electron chi connectivity index (χ0n) is 24.1. The van der Waals surface area contributed by atoms with Gasteiger partial charge in [0.25, 0.3) is 5.91 Å². The highest BCUT2D eigenvalue weighted by Gasteiger charge is 2.44. The summed E-state index contributed by atoms with van der Waals surface area (Å²) in [6.45, 7) is 3.65. The van der Waals surface area contributed by atoms with Crippen molar-refractivity contribution in [3.8, 4) is 16.2 Å². The number of rotatable bonds is 6. The van der Waals surface area contributed by atoms with Gasteiger partial charge < -0.3 is 15.0 Å². The van der Waals surface area contributed by atoms with Crippen LogP contribution in [0.3, 0.4) is 0 Å². The van der Waals surface area contributed by atoms with Crippen LogP contribution in [0.4, 0.5) is 5.69 Å². The first-order valence-corrected chi connectivity index (χ1v) is 16.1. The second kappa shape index (κ2) is 10.4. The van der Waals surface area contributed by atoms with Crippen molar-refractivity contribution in [2.75, 3.05) is 18.1 Å². The van der Waals surface area contributed by atoms with E-state index in [-0.39, 0.29) is 18.0 Å². The molecule has 3 aliphatic rings. The molecule has 3 aromatic carbocycles. The molecule has 0 spiro atoms. The minimum absolute atomic E-state index is 0.0174. The summed E-state index contributed by atoms with van der Waals surface area (Å²) in [6, 6.07) is 32.0. The Bertz CT molecular complexity index is 1660. The molecule has 1 amide bonds. The van der Waals surface area contributed by atoms with E-state index < -0.39 is 5.54 Å². The summed E-state index contributed by atoms with van der Waals surface area (Å²) in [4.78, 5) is 17.8. The Labute approximate surface area is 255 Å². The standard InChI is InChI=1S/C36H34N4O2S/c1-24-30(25-12-11-13-25)38-35(41)34-31-32(42-21-20-39(24)31)33(43-34)26-22-37-40(23-26)36(27-14-5-2-6-15-27,28-16-7-3-8-17-28)29-18-9-4-10-19-29/h2-10,14-19,22-25,30H,11-13,20-21H2,1H3,(H,38,41). The summed E-state index contributed by atoms with van der Waals surface area (Å²) < 4.78 is 8.46. The Morgan fingerprint density at radius 1 is 0.884 bits per heavy atom. The number of benzene rings is 3. The number of carbonyl (C=O) groups is 1. The first-order chi connectivity index (χ1) is 21.2. The predicted octanol–water partition coefficient (Wildman–Crippen LogP) is 6.95.